The SMILES string of the molecule is c1ccc(-c2nc(-c3ccc(-n4c5ccccc5c5cc6c7ccccc7n(-c7ccccc7)c6cc54)cc3)c3ccccc3n2)cc1. The number of rotatable bonds is 4. The maximum Gasteiger partial charge on any atom is 0.160 e. The molecule has 0 N–H and O–H groups in total. The second kappa shape index (κ2) is 10.5. The van der Waals surface area contributed by atoms with Crippen molar-refractivity contribution in [2.45, 2.75) is 0 Å². The van der Waals surface area contributed by atoms with Gasteiger partial charge < -0.3 is 9.13 Å². The fourth-order valence-electron chi connectivity index (χ4n) is 7.35. The molecule has 0 fully saturated rings. The first kappa shape index (κ1) is 26.7. The van der Waals surface area contributed by atoms with E-state index in [1.54, 1.807) is 0 Å². The Morgan fingerprint density at radius 2 is 0.854 bits per heavy atom. The lowest BCUT2D eigenvalue weighted by molar-refractivity contribution is 1.16. The van der Waals surface area contributed by atoms with Gasteiger partial charge in [0, 0.05) is 49.4 Å². The van der Waals surface area contributed by atoms with Gasteiger partial charge in [0.2, 0.25) is 0 Å². The standard InChI is InChI=1S/C44H28N4/c1-3-13-30(14-4-1)44-45-38-20-10-7-19-35(38)43(46-44)29-23-25-32(26-24-29)48-40-22-12-9-18-34(40)37-27-36-33-17-8-11-21-39(33)47(41(36)28-42(37)48)31-15-5-2-6-16-31/h1-28H. The Labute approximate surface area is 276 Å². The molecule has 0 saturated carbocycles. The van der Waals surface area contributed by atoms with Crippen molar-refractivity contribution in [3.05, 3.63) is 170 Å². The summed E-state index contributed by atoms with van der Waals surface area (Å²) < 4.78 is 4.79. The minimum absolute atomic E-state index is 0.730. The lowest BCUT2D eigenvalue weighted by Gasteiger charge is -2.12. The molecule has 224 valence electrons. The zero-order valence-electron chi connectivity index (χ0n) is 26.0. The lowest BCUT2D eigenvalue weighted by Crippen LogP contribution is -1.97. The molecule has 3 aromatic heterocycles. The van der Waals surface area contributed by atoms with Crippen molar-refractivity contribution in [2.24, 2.45) is 0 Å². The third-order valence-electron chi connectivity index (χ3n) is 9.51. The van der Waals surface area contributed by atoms with E-state index in [1.807, 2.05) is 24.3 Å². The van der Waals surface area contributed by atoms with E-state index in [-0.39, 0.29) is 0 Å². The molecular formula is C44H28N4. The van der Waals surface area contributed by atoms with Crippen molar-refractivity contribution in [1.82, 2.24) is 19.1 Å². The molecular weight excluding hydrogens is 585 g/mol. The number of hydrogen-bond donors (Lipinski definition) is 0. The van der Waals surface area contributed by atoms with E-state index in [2.05, 4.69) is 155 Å². The molecule has 0 aliphatic rings. The summed E-state index contributed by atoms with van der Waals surface area (Å²) in [6.45, 7) is 0. The second-order valence-electron chi connectivity index (χ2n) is 12.3. The van der Waals surface area contributed by atoms with Crippen LogP contribution in [0, 0.1) is 0 Å². The summed E-state index contributed by atoms with van der Waals surface area (Å²) in [6, 6.07) is 60.2. The highest BCUT2D eigenvalue weighted by molar-refractivity contribution is 6.19. The minimum Gasteiger partial charge on any atom is -0.309 e. The third kappa shape index (κ3) is 4.03. The van der Waals surface area contributed by atoms with Crippen molar-refractivity contribution >= 4 is 54.5 Å². The number of fused-ring (bicyclic) bond motifs is 7. The number of aromatic nitrogens is 4. The summed E-state index contributed by atoms with van der Waals surface area (Å²) in [5, 5.41) is 6.03. The first-order valence-electron chi connectivity index (χ1n) is 16.3. The van der Waals surface area contributed by atoms with Gasteiger partial charge in [-0.2, -0.15) is 0 Å². The highest BCUT2D eigenvalue weighted by Crippen LogP contribution is 2.40. The van der Waals surface area contributed by atoms with Crippen LogP contribution in [0.5, 0.6) is 0 Å². The van der Waals surface area contributed by atoms with Gasteiger partial charge in [0.1, 0.15) is 0 Å². The van der Waals surface area contributed by atoms with Crippen LogP contribution in [0.4, 0.5) is 0 Å². The topological polar surface area (TPSA) is 35.6 Å². The van der Waals surface area contributed by atoms with E-state index in [9.17, 15) is 0 Å². The van der Waals surface area contributed by atoms with Crippen LogP contribution in [-0.4, -0.2) is 19.1 Å². The molecule has 4 nitrogen and oxygen atoms in total. The molecule has 0 atom stereocenters. The Bertz CT molecular complexity index is 2810. The van der Waals surface area contributed by atoms with E-state index in [1.165, 1.54) is 43.6 Å². The van der Waals surface area contributed by atoms with Crippen molar-refractivity contribution < 1.29 is 0 Å². The summed E-state index contributed by atoms with van der Waals surface area (Å²) in [5.41, 5.74) is 10.9. The number of hydrogen-bond acceptors (Lipinski definition) is 2. The number of para-hydroxylation sites is 4. The van der Waals surface area contributed by atoms with Crippen LogP contribution in [-0.2, 0) is 0 Å². The molecule has 3 heterocycles. The van der Waals surface area contributed by atoms with E-state index in [4.69, 9.17) is 9.97 Å². The molecule has 10 aromatic rings. The van der Waals surface area contributed by atoms with Crippen LogP contribution in [0.1, 0.15) is 0 Å². The summed E-state index contributed by atoms with van der Waals surface area (Å²) in [7, 11) is 0. The normalized spacial score (nSPS) is 11.8. The molecule has 4 heteroatoms. The summed E-state index contributed by atoms with van der Waals surface area (Å²) in [5.74, 6) is 0.730. The molecule has 0 aliphatic carbocycles. The van der Waals surface area contributed by atoms with E-state index >= 15 is 0 Å². The fourth-order valence-corrected chi connectivity index (χ4v) is 7.35. The van der Waals surface area contributed by atoms with Crippen LogP contribution in [0.25, 0.3) is 88.5 Å². The van der Waals surface area contributed by atoms with Crippen LogP contribution in [0.15, 0.2) is 170 Å². The zero-order chi connectivity index (χ0) is 31.6. The Hall–Kier alpha value is -6.52. The average Bonchev–Trinajstić information content (AvgIpc) is 3.66. The van der Waals surface area contributed by atoms with Gasteiger partial charge in [0.25, 0.3) is 0 Å². The van der Waals surface area contributed by atoms with Gasteiger partial charge in [-0.15, -0.1) is 0 Å². The van der Waals surface area contributed by atoms with Crippen LogP contribution in [0.3, 0.4) is 0 Å². The highest BCUT2D eigenvalue weighted by atomic mass is 15.0. The molecule has 0 unspecified atom stereocenters. The first-order chi connectivity index (χ1) is 23.8. The molecule has 0 amide bonds. The van der Waals surface area contributed by atoms with Gasteiger partial charge in [-0.1, -0.05) is 115 Å². The summed E-state index contributed by atoms with van der Waals surface area (Å²) in [4.78, 5) is 10.0. The van der Waals surface area contributed by atoms with Gasteiger partial charge in [-0.3, -0.25) is 0 Å². The van der Waals surface area contributed by atoms with Crippen molar-refractivity contribution in [3.63, 3.8) is 0 Å². The Kier molecular flexibility index (Phi) is 5.84. The molecule has 0 bridgehead atoms. The van der Waals surface area contributed by atoms with Gasteiger partial charge in [0.15, 0.2) is 5.82 Å². The predicted octanol–water partition coefficient (Wildman–Crippen LogP) is 11.2. The van der Waals surface area contributed by atoms with Gasteiger partial charge in [0.05, 0.1) is 33.3 Å². The minimum atomic E-state index is 0.730. The second-order valence-corrected chi connectivity index (χ2v) is 12.3. The predicted molar refractivity (Wildman–Crippen MR) is 199 cm³/mol. The summed E-state index contributed by atoms with van der Waals surface area (Å²) in [6.07, 6.45) is 0. The van der Waals surface area contributed by atoms with E-state index in [0.717, 1.165) is 44.9 Å². The highest BCUT2D eigenvalue weighted by Gasteiger charge is 2.19. The van der Waals surface area contributed by atoms with Crippen molar-refractivity contribution in [2.75, 3.05) is 0 Å². The fraction of sp³-hybridized carbons (Fsp3) is 0. The molecule has 48 heavy (non-hydrogen) atoms. The van der Waals surface area contributed by atoms with Gasteiger partial charge >= 0.3 is 0 Å². The Morgan fingerprint density at radius 3 is 1.50 bits per heavy atom. The number of benzene rings is 7. The third-order valence-corrected chi connectivity index (χ3v) is 9.51. The Balaban J connectivity index is 1.20. The molecule has 0 spiro atoms. The molecule has 0 saturated heterocycles. The number of nitrogens with zero attached hydrogens (tertiary/aromatic N) is 4. The monoisotopic (exact) mass is 612 g/mol. The average molecular weight is 613 g/mol. The van der Waals surface area contributed by atoms with E-state index < -0.39 is 0 Å². The summed E-state index contributed by atoms with van der Waals surface area (Å²) >= 11 is 0. The van der Waals surface area contributed by atoms with Gasteiger partial charge in [-0.25, -0.2) is 9.97 Å². The Morgan fingerprint density at radius 1 is 0.333 bits per heavy atom. The largest absolute Gasteiger partial charge is 0.309 e. The molecule has 0 aliphatic heterocycles. The smallest absolute Gasteiger partial charge is 0.160 e. The van der Waals surface area contributed by atoms with Gasteiger partial charge in [-0.05, 0) is 54.6 Å². The van der Waals surface area contributed by atoms with Crippen molar-refractivity contribution in [3.8, 4) is 34.0 Å². The molecule has 10 rings (SSSR count). The molecule has 7 aromatic carbocycles. The zero-order valence-corrected chi connectivity index (χ0v) is 26.0. The van der Waals surface area contributed by atoms with Crippen LogP contribution in [0.2, 0.25) is 0 Å². The lowest BCUT2D eigenvalue weighted by atomic mass is 10.0. The maximum atomic E-state index is 5.11. The van der Waals surface area contributed by atoms with Crippen molar-refractivity contribution in [1.29, 1.82) is 0 Å². The van der Waals surface area contributed by atoms with E-state index in [0.29, 0.717) is 0 Å². The quantitative estimate of drug-likeness (QED) is 0.198. The van der Waals surface area contributed by atoms with Crippen LogP contribution >= 0.6 is 0 Å². The molecule has 0 radical (unpaired) electrons. The maximum absolute atomic E-state index is 5.11. The van der Waals surface area contributed by atoms with Crippen LogP contribution < -0.4 is 0 Å². The first-order valence-corrected chi connectivity index (χ1v) is 16.3.